The topological polar surface area (TPSA) is 60.2 Å². The zero-order chi connectivity index (χ0) is 5.70. The molecule has 2 N–H and O–H groups in total. The molecule has 0 aromatic rings. The summed E-state index contributed by atoms with van der Waals surface area (Å²) in [6.45, 7) is 0. The Labute approximate surface area is 45.3 Å². The van der Waals surface area contributed by atoms with Crippen molar-refractivity contribution in [2.45, 2.75) is 0 Å². The monoisotopic (exact) mass is 119 g/mol. The standard InChI is InChI=1S/C3H5NO2S/c4-3(6)7-2-1-5/h1H,2H2,(H2,4,6). The van der Waals surface area contributed by atoms with E-state index in [2.05, 4.69) is 5.73 Å². The highest BCUT2D eigenvalue weighted by Gasteiger charge is 1.88. The van der Waals surface area contributed by atoms with Crippen LogP contribution < -0.4 is 5.73 Å². The van der Waals surface area contributed by atoms with Gasteiger partial charge in [0.25, 0.3) is 5.24 Å². The van der Waals surface area contributed by atoms with E-state index in [1.54, 1.807) is 0 Å². The zero-order valence-corrected chi connectivity index (χ0v) is 4.40. The first kappa shape index (κ1) is 6.49. The van der Waals surface area contributed by atoms with Crippen LogP contribution in [-0.2, 0) is 4.79 Å². The van der Waals surface area contributed by atoms with Gasteiger partial charge in [-0.05, 0) is 0 Å². The van der Waals surface area contributed by atoms with Gasteiger partial charge in [-0.1, -0.05) is 11.8 Å². The average molecular weight is 119 g/mol. The molecule has 0 atom stereocenters. The zero-order valence-electron chi connectivity index (χ0n) is 3.59. The molecule has 0 spiro atoms. The lowest BCUT2D eigenvalue weighted by molar-refractivity contribution is -0.105. The second kappa shape index (κ2) is 3.67. The molecule has 0 unspecified atom stereocenters. The summed E-state index contributed by atoms with van der Waals surface area (Å²) >= 11 is 0.802. The van der Waals surface area contributed by atoms with Crippen molar-refractivity contribution in [2.75, 3.05) is 5.75 Å². The molecule has 0 saturated heterocycles. The van der Waals surface area contributed by atoms with Crippen LogP contribution in [-0.4, -0.2) is 17.3 Å². The van der Waals surface area contributed by atoms with Gasteiger partial charge in [-0.2, -0.15) is 0 Å². The lowest BCUT2D eigenvalue weighted by Crippen LogP contribution is -2.02. The number of thioether (sulfide) groups is 1. The SMILES string of the molecule is NC(=O)SCC=O. The Morgan fingerprint density at radius 2 is 2.43 bits per heavy atom. The molecule has 0 aromatic carbocycles. The molecule has 1 amide bonds. The third-order valence-electron chi connectivity index (χ3n) is 0.294. The maximum Gasteiger partial charge on any atom is 0.276 e. The maximum atomic E-state index is 9.78. The highest BCUT2D eigenvalue weighted by atomic mass is 32.2. The Morgan fingerprint density at radius 1 is 1.86 bits per heavy atom. The van der Waals surface area contributed by atoms with Gasteiger partial charge in [0.2, 0.25) is 0 Å². The third kappa shape index (κ3) is 5.49. The minimum Gasteiger partial charge on any atom is -0.361 e. The van der Waals surface area contributed by atoms with Crippen LogP contribution >= 0.6 is 11.8 Å². The summed E-state index contributed by atoms with van der Waals surface area (Å²) in [5.74, 6) is 0.162. The Morgan fingerprint density at radius 3 is 2.57 bits per heavy atom. The number of nitrogens with two attached hydrogens (primary N) is 1. The molecule has 0 saturated carbocycles. The molecule has 7 heavy (non-hydrogen) atoms. The quantitative estimate of drug-likeness (QED) is 0.520. The molecule has 0 rings (SSSR count). The van der Waals surface area contributed by atoms with Crippen LogP contribution in [0.15, 0.2) is 0 Å². The van der Waals surface area contributed by atoms with Crippen molar-refractivity contribution in [3.8, 4) is 0 Å². The maximum absolute atomic E-state index is 9.78. The second-order valence-corrected chi connectivity index (χ2v) is 1.82. The molecule has 3 nitrogen and oxygen atoms in total. The van der Waals surface area contributed by atoms with Crippen LogP contribution in [0, 0.1) is 0 Å². The number of hydrogen-bond donors (Lipinski definition) is 1. The Hall–Kier alpha value is -0.510. The van der Waals surface area contributed by atoms with Gasteiger partial charge < -0.3 is 10.5 Å². The summed E-state index contributed by atoms with van der Waals surface area (Å²) in [5, 5.41) is -0.507. The normalized spacial score (nSPS) is 8.00. The van der Waals surface area contributed by atoms with Crippen molar-refractivity contribution >= 4 is 23.3 Å². The number of rotatable bonds is 2. The van der Waals surface area contributed by atoms with Crippen LogP contribution in [0.4, 0.5) is 4.79 Å². The molecule has 0 radical (unpaired) electrons. The van der Waals surface area contributed by atoms with E-state index in [9.17, 15) is 9.59 Å². The predicted octanol–water partition coefficient (Wildman–Crippen LogP) is -0.00280. The fourth-order valence-electron chi connectivity index (χ4n) is 0.116. The molecular formula is C3H5NO2S. The molecule has 0 aliphatic rings. The first-order valence-electron chi connectivity index (χ1n) is 1.63. The van der Waals surface area contributed by atoms with Gasteiger partial charge in [-0.3, -0.25) is 4.79 Å². The molecule has 4 heteroatoms. The van der Waals surface area contributed by atoms with E-state index < -0.39 is 5.24 Å². The first-order chi connectivity index (χ1) is 3.27. The molecular weight excluding hydrogens is 114 g/mol. The van der Waals surface area contributed by atoms with Crippen LogP contribution in [0.25, 0.3) is 0 Å². The molecule has 0 bridgehead atoms. The van der Waals surface area contributed by atoms with Crippen molar-refractivity contribution in [1.29, 1.82) is 0 Å². The van der Waals surface area contributed by atoms with Gasteiger partial charge in [0.15, 0.2) is 0 Å². The smallest absolute Gasteiger partial charge is 0.276 e. The number of hydrogen-bond acceptors (Lipinski definition) is 3. The highest BCUT2D eigenvalue weighted by molar-refractivity contribution is 8.13. The number of aldehydes is 1. The molecule has 0 aliphatic heterocycles. The number of carbonyl (C=O) groups excluding carboxylic acids is 2. The third-order valence-corrected chi connectivity index (χ3v) is 0.881. The Balaban J connectivity index is 2.97. The molecule has 0 fully saturated rings. The van der Waals surface area contributed by atoms with Crippen molar-refractivity contribution in [1.82, 2.24) is 0 Å². The van der Waals surface area contributed by atoms with Crippen molar-refractivity contribution in [2.24, 2.45) is 5.73 Å². The van der Waals surface area contributed by atoms with Crippen molar-refractivity contribution < 1.29 is 9.59 Å². The van der Waals surface area contributed by atoms with Crippen LogP contribution in [0.3, 0.4) is 0 Å². The van der Waals surface area contributed by atoms with E-state index in [4.69, 9.17) is 0 Å². The van der Waals surface area contributed by atoms with E-state index in [1.807, 2.05) is 0 Å². The summed E-state index contributed by atoms with van der Waals surface area (Å²) in [7, 11) is 0. The predicted molar refractivity (Wildman–Crippen MR) is 28.1 cm³/mol. The summed E-state index contributed by atoms with van der Waals surface area (Å²) in [4.78, 5) is 19.3. The van der Waals surface area contributed by atoms with Gasteiger partial charge >= 0.3 is 0 Å². The Kier molecular flexibility index (Phi) is 3.40. The first-order valence-corrected chi connectivity index (χ1v) is 2.62. The number of carbonyl (C=O) groups is 2. The highest BCUT2D eigenvalue weighted by Crippen LogP contribution is 1.93. The van der Waals surface area contributed by atoms with Crippen molar-refractivity contribution in [3.05, 3.63) is 0 Å². The fourth-order valence-corrected chi connectivity index (χ4v) is 0.348. The summed E-state index contributed by atoms with van der Waals surface area (Å²) in [6, 6.07) is 0. The van der Waals surface area contributed by atoms with E-state index in [0.717, 1.165) is 11.8 Å². The lowest BCUT2D eigenvalue weighted by atomic mass is 10.9. The van der Waals surface area contributed by atoms with Gasteiger partial charge in [0.05, 0.1) is 5.75 Å². The lowest BCUT2D eigenvalue weighted by Gasteiger charge is -1.80. The average Bonchev–Trinajstić information content (AvgIpc) is 1.61. The van der Waals surface area contributed by atoms with Gasteiger partial charge in [0.1, 0.15) is 6.29 Å². The summed E-state index contributed by atoms with van der Waals surface area (Å²) in [5.41, 5.74) is 4.64. The Bertz CT molecular complexity index is 83.0. The summed E-state index contributed by atoms with van der Waals surface area (Å²) in [6.07, 6.45) is 0.634. The van der Waals surface area contributed by atoms with E-state index in [-0.39, 0.29) is 5.75 Å². The minimum atomic E-state index is -0.507. The van der Waals surface area contributed by atoms with Gasteiger partial charge in [-0.25, -0.2) is 0 Å². The van der Waals surface area contributed by atoms with Gasteiger partial charge in [-0.15, -0.1) is 0 Å². The van der Waals surface area contributed by atoms with Gasteiger partial charge in [0, 0.05) is 0 Å². The summed E-state index contributed by atoms with van der Waals surface area (Å²) < 4.78 is 0. The van der Waals surface area contributed by atoms with Crippen molar-refractivity contribution in [3.63, 3.8) is 0 Å². The van der Waals surface area contributed by atoms with E-state index in [1.165, 1.54) is 0 Å². The van der Waals surface area contributed by atoms with E-state index in [0.29, 0.717) is 6.29 Å². The van der Waals surface area contributed by atoms with Crippen LogP contribution in [0.1, 0.15) is 0 Å². The molecule has 0 aliphatic carbocycles. The van der Waals surface area contributed by atoms with Crippen LogP contribution in [0.2, 0.25) is 0 Å². The fraction of sp³-hybridized carbons (Fsp3) is 0.333. The number of amides is 1. The molecule has 40 valence electrons. The largest absolute Gasteiger partial charge is 0.361 e. The minimum absolute atomic E-state index is 0.162. The second-order valence-electron chi connectivity index (χ2n) is 0.797. The molecule has 0 aromatic heterocycles. The van der Waals surface area contributed by atoms with E-state index >= 15 is 0 Å². The van der Waals surface area contributed by atoms with Crippen LogP contribution in [0.5, 0.6) is 0 Å². The number of primary amides is 1. The molecule has 0 heterocycles.